The molecule has 2 heterocycles. The summed E-state index contributed by atoms with van der Waals surface area (Å²) in [7, 11) is 0. The predicted octanol–water partition coefficient (Wildman–Crippen LogP) is 2.48. The Morgan fingerprint density at radius 3 is 2.17 bits per heavy atom. The monoisotopic (exact) mass is 324 g/mol. The van der Waals surface area contributed by atoms with Gasteiger partial charge in [0.15, 0.2) is 0 Å². The number of halogens is 1. The Hall–Kier alpha value is -1.43. The van der Waals surface area contributed by atoms with Crippen molar-refractivity contribution >= 4 is 5.91 Å². The Balaban J connectivity index is 1.92. The zero-order chi connectivity index (χ0) is 17.3. The maximum Gasteiger partial charge on any atom is 0.232 e. The fraction of sp³-hybridized carbons (Fsp3) is 0.765. The van der Waals surface area contributed by atoms with Crippen molar-refractivity contribution in [3.05, 3.63) is 18.2 Å². The quantitative estimate of drug-likeness (QED) is 0.835. The van der Waals surface area contributed by atoms with E-state index in [1.54, 1.807) is 17.8 Å². The maximum atomic E-state index is 13.2. The lowest BCUT2D eigenvalue weighted by Crippen LogP contribution is -2.55. The summed E-state index contributed by atoms with van der Waals surface area (Å²) in [6.45, 7) is 13.7. The van der Waals surface area contributed by atoms with Crippen LogP contribution in [0.5, 0.6) is 0 Å². The van der Waals surface area contributed by atoms with Crippen LogP contribution in [0.25, 0.3) is 0 Å². The van der Waals surface area contributed by atoms with Crippen molar-refractivity contribution in [3.8, 4) is 0 Å². The number of amides is 1. The number of hydrogen-bond donors (Lipinski definition) is 0. The zero-order valence-corrected chi connectivity index (χ0v) is 15.0. The zero-order valence-electron chi connectivity index (χ0n) is 15.0. The normalized spacial score (nSPS) is 17.6. The Kier molecular flexibility index (Phi) is 5.14. The Morgan fingerprint density at radius 1 is 1.13 bits per heavy atom. The molecule has 1 aromatic heterocycles. The van der Waals surface area contributed by atoms with Gasteiger partial charge in [0.25, 0.3) is 0 Å². The van der Waals surface area contributed by atoms with Crippen molar-refractivity contribution in [2.75, 3.05) is 26.2 Å². The van der Waals surface area contributed by atoms with Crippen molar-refractivity contribution < 1.29 is 9.18 Å². The highest BCUT2D eigenvalue weighted by Crippen LogP contribution is 2.29. The molecule has 0 radical (unpaired) electrons. The summed E-state index contributed by atoms with van der Waals surface area (Å²) >= 11 is 0. The number of carbonyl (C=O) groups excluding carboxylic acids is 1. The van der Waals surface area contributed by atoms with E-state index in [4.69, 9.17) is 0 Å². The summed E-state index contributed by atoms with van der Waals surface area (Å²) in [6.07, 6.45) is 3.60. The average Bonchev–Trinajstić information content (AvgIpc) is 2.93. The molecule has 1 fully saturated rings. The van der Waals surface area contributed by atoms with E-state index >= 15 is 0 Å². The molecule has 0 atom stereocenters. The molecular formula is C17H29FN4O. The topological polar surface area (TPSA) is 41.4 Å². The molecule has 0 saturated carbocycles. The molecule has 1 aliphatic heterocycles. The maximum absolute atomic E-state index is 13.2. The molecular weight excluding hydrogens is 295 g/mol. The van der Waals surface area contributed by atoms with Gasteiger partial charge >= 0.3 is 0 Å². The van der Waals surface area contributed by atoms with Gasteiger partial charge in [0.2, 0.25) is 11.9 Å². The van der Waals surface area contributed by atoms with Crippen LogP contribution in [-0.2, 0) is 10.3 Å². The highest BCUT2D eigenvalue weighted by Gasteiger charge is 2.33. The minimum absolute atomic E-state index is 0.0475. The van der Waals surface area contributed by atoms with E-state index < -0.39 is 5.95 Å². The van der Waals surface area contributed by atoms with Crippen LogP contribution in [0.4, 0.5) is 4.39 Å². The first-order valence-corrected chi connectivity index (χ1v) is 8.34. The van der Waals surface area contributed by atoms with Crippen molar-refractivity contribution in [1.82, 2.24) is 19.6 Å². The Labute approximate surface area is 138 Å². The number of rotatable bonds is 5. The molecule has 0 bridgehead atoms. The lowest BCUT2D eigenvalue weighted by atomic mass is 9.88. The number of piperazine rings is 1. The van der Waals surface area contributed by atoms with Gasteiger partial charge in [-0.25, -0.2) is 0 Å². The fourth-order valence-electron chi connectivity index (χ4n) is 3.15. The van der Waals surface area contributed by atoms with Gasteiger partial charge in [-0.15, -0.1) is 5.10 Å². The minimum atomic E-state index is -0.433. The number of nitrogens with zero attached hydrogens (tertiary/aromatic N) is 4. The van der Waals surface area contributed by atoms with E-state index in [2.05, 4.69) is 37.7 Å². The number of aromatic nitrogens is 2. The molecule has 1 aliphatic rings. The SMILES string of the molecule is CC(=O)N1CCN(C(C)(C)CCC(C)(C)n2ccc(F)n2)CC1. The van der Waals surface area contributed by atoms with Gasteiger partial charge in [-0.05, 0) is 40.5 Å². The first-order chi connectivity index (χ1) is 10.6. The lowest BCUT2D eigenvalue weighted by Gasteiger charge is -2.45. The van der Waals surface area contributed by atoms with Gasteiger partial charge in [-0.2, -0.15) is 4.39 Å². The largest absolute Gasteiger partial charge is 0.340 e. The molecule has 1 aromatic rings. The van der Waals surface area contributed by atoms with Crippen LogP contribution in [0.3, 0.4) is 0 Å². The van der Waals surface area contributed by atoms with Gasteiger partial charge in [0.05, 0.1) is 5.54 Å². The van der Waals surface area contributed by atoms with Crippen LogP contribution < -0.4 is 0 Å². The summed E-state index contributed by atoms with van der Waals surface area (Å²) in [5.74, 6) is -0.276. The van der Waals surface area contributed by atoms with Crippen LogP contribution in [0.15, 0.2) is 12.3 Å². The summed E-state index contributed by atoms with van der Waals surface area (Å²) < 4.78 is 14.9. The van der Waals surface area contributed by atoms with Crippen LogP contribution in [-0.4, -0.2) is 57.2 Å². The second-order valence-corrected chi connectivity index (χ2v) is 7.70. The van der Waals surface area contributed by atoms with Crippen LogP contribution in [0.2, 0.25) is 0 Å². The summed E-state index contributed by atoms with van der Waals surface area (Å²) in [5.41, 5.74) is -0.172. The molecule has 1 amide bonds. The molecule has 2 rings (SSSR count). The highest BCUT2D eigenvalue weighted by molar-refractivity contribution is 5.73. The van der Waals surface area contributed by atoms with E-state index in [0.29, 0.717) is 0 Å². The average molecular weight is 324 g/mol. The van der Waals surface area contributed by atoms with Crippen molar-refractivity contribution in [2.45, 2.75) is 58.5 Å². The third kappa shape index (κ3) is 4.31. The van der Waals surface area contributed by atoms with Gasteiger partial charge < -0.3 is 4.90 Å². The predicted molar refractivity (Wildman–Crippen MR) is 88.6 cm³/mol. The first-order valence-electron chi connectivity index (χ1n) is 8.34. The van der Waals surface area contributed by atoms with Crippen molar-refractivity contribution in [2.24, 2.45) is 0 Å². The van der Waals surface area contributed by atoms with Crippen LogP contribution in [0, 0.1) is 5.95 Å². The van der Waals surface area contributed by atoms with E-state index in [0.717, 1.165) is 39.0 Å². The molecule has 0 aliphatic carbocycles. The standard InChI is InChI=1S/C17H29FN4O/c1-14(23)20-10-12-21(13-11-20)16(2,3)7-8-17(4,5)22-9-6-15(18)19-22/h6,9H,7-8,10-13H2,1-5H3. The molecule has 0 spiro atoms. The van der Waals surface area contributed by atoms with Crippen LogP contribution in [0.1, 0.15) is 47.5 Å². The van der Waals surface area contributed by atoms with Crippen molar-refractivity contribution in [3.63, 3.8) is 0 Å². The Morgan fingerprint density at radius 2 is 1.70 bits per heavy atom. The van der Waals surface area contributed by atoms with Gasteiger partial charge in [0, 0.05) is 50.9 Å². The first kappa shape index (κ1) is 17.9. The lowest BCUT2D eigenvalue weighted by molar-refractivity contribution is -0.131. The van der Waals surface area contributed by atoms with E-state index in [1.807, 2.05) is 4.90 Å². The second kappa shape index (κ2) is 6.59. The number of carbonyl (C=O) groups is 1. The summed E-state index contributed by atoms with van der Waals surface area (Å²) in [5, 5.41) is 3.92. The summed E-state index contributed by atoms with van der Waals surface area (Å²) in [4.78, 5) is 15.8. The molecule has 6 heteroatoms. The smallest absolute Gasteiger partial charge is 0.232 e. The van der Waals surface area contributed by atoms with Crippen LogP contribution >= 0.6 is 0 Å². The minimum Gasteiger partial charge on any atom is -0.340 e. The van der Waals surface area contributed by atoms with E-state index in [-0.39, 0.29) is 17.0 Å². The molecule has 0 N–H and O–H groups in total. The van der Waals surface area contributed by atoms with E-state index in [1.165, 1.54) is 6.07 Å². The third-order valence-corrected chi connectivity index (χ3v) is 5.11. The van der Waals surface area contributed by atoms with Crippen molar-refractivity contribution in [1.29, 1.82) is 0 Å². The molecule has 130 valence electrons. The van der Waals surface area contributed by atoms with Gasteiger partial charge in [-0.1, -0.05) is 0 Å². The molecule has 0 unspecified atom stereocenters. The third-order valence-electron chi connectivity index (χ3n) is 5.11. The summed E-state index contributed by atoms with van der Waals surface area (Å²) in [6, 6.07) is 1.40. The van der Waals surface area contributed by atoms with Gasteiger partial charge in [-0.3, -0.25) is 14.4 Å². The molecule has 23 heavy (non-hydrogen) atoms. The molecule has 1 saturated heterocycles. The molecule has 0 aromatic carbocycles. The molecule has 5 nitrogen and oxygen atoms in total. The van der Waals surface area contributed by atoms with Gasteiger partial charge in [0.1, 0.15) is 0 Å². The fourth-order valence-corrected chi connectivity index (χ4v) is 3.15. The number of hydrogen-bond acceptors (Lipinski definition) is 3. The highest BCUT2D eigenvalue weighted by atomic mass is 19.1. The second-order valence-electron chi connectivity index (χ2n) is 7.70. The van der Waals surface area contributed by atoms with E-state index in [9.17, 15) is 9.18 Å². The Bertz CT molecular complexity index is 545.